The summed E-state index contributed by atoms with van der Waals surface area (Å²) in [5, 5.41) is 2.71. The van der Waals surface area contributed by atoms with E-state index in [-0.39, 0.29) is 11.6 Å². The molecule has 0 bridgehead atoms. The third-order valence-corrected chi connectivity index (χ3v) is 3.28. The normalized spacial score (nSPS) is 12.0. The van der Waals surface area contributed by atoms with Gasteiger partial charge in [0.2, 0.25) is 0 Å². The van der Waals surface area contributed by atoms with Crippen LogP contribution in [0.15, 0.2) is 39.5 Å². The molecule has 21 heavy (non-hydrogen) atoms. The van der Waals surface area contributed by atoms with E-state index >= 15 is 0 Å². The summed E-state index contributed by atoms with van der Waals surface area (Å²) in [6.45, 7) is 4.91. The highest BCUT2D eigenvalue weighted by Crippen LogP contribution is 2.18. The van der Waals surface area contributed by atoms with Crippen LogP contribution in [0, 0.1) is 19.7 Å². The SMILES string of the molecule is Cc1cc(=O)oc(C)c1C(=O)NC(C)c1ccccc1F. The van der Waals surface area contributed by atoms with Crippen molar-refractivity contribution in [2.24, 2.45) is 0 Å². The summed E-state index contributed by atoms with van der Waals surface area (Å²) in [7, 11) is 0. The maximum atomic E-state index is 13.7. The summed E-state index contributed by atoms with van der Waals surface area (Å²) in [6, 6.07) is 7.02. The number of rotatable bonds is 3. The number of aryl methyl sites for hydroxylation is 2. The van der Waals surface area contributed by atoms with Crippen LogP contribution in [-0.2, 0) is 0 Å². The zero-order valence-corrected chi connectivity index (χ0v) is 12.1. The fourth-order valence-corrected chi connectivity index (χ4v) is 2.27. The Hall–Kier alpha value is -2.43. The highest BCUT2D eigenvalue weighted by atomic mass is 19.1. The summed E-state index contributed by atoms with van der Waals surface area (Å²) in [5.74, 6) is -0.527. The minimum atomic E-state index is -0.497. The van der Waals surface area contributed by atoms with E-state index < -0.39 is 17.6 Å². The van der Waals surface area contributed by atoms with Crippen molar-refractivity contribution in [2.75, 3.05) is 0 Å². The molecule has 1 N–H and O–H groups in total. The first-order valence-electron chi connectivity index (χ1n) is 6.56. The predicted octanol–water partition coefficient (Wildman–Crippen LogP) is 2.89. The number of hydrogen-bond acceptors (Lipinski definition) is 3. The van der Waals surface area contributed by atoms with Gasteiger partial charge in [0.15, 0.2) is 0 Å². The van der Waals surface area contributed by atoms with E-state index in [1.807, 2.05) is 0 Å². The van der Waals surface area contributed by atoms with E-state index in [4.69, 9.17) is 4.42 Å². The van der Waals surface area contributed by atoms with E-state index in [0.717, 1.165) is 0 Å². The first-order chi connectivity index (χ1) is 9.90. The quantitative estimate of drug-likeness (QED) is 0.945. The van der Waals surface area contributed by atoms with Crippen molar-refractivity contribution in [2.45, 2.75) is 26.8 Å². The second kappa shape index (κ2) is 5.91. The monoisotopic (exact) mass is 289 g/mol. The van der Waals surface area contributed by atoms with Crippen LogP contribution < -0.4 is 10.9 Å². The molecule has 1 aromatic heterocycles. The lowest BCUT2D eigenvalue weighted by atomic mass is 10.1. The van der Waals surface area contributed by atoms with E-state index in [1.165, 1.54) is 12.1 Å². The van der Waals surface area contributed by atoms with E-state index in [0.29, 0.717) is 16.7 Å². The van der Waals surface area contributed by atoms with Crippen LogP contribution in [0.5, 0.6) is 0 Å². The van der Waals surface area contributed by atoms with Crippen molar-refractivity contribution in [1.29, 1.82) is 0 Å². The zero-order valence-electron chi connectivity index (χ0n) is 12.1. The van der Waals surface area contributed by atoms with Crippen LogP contribution in [0.25, 0.3) is 0 Å². The number of carbonyl (C=O) groups excluding carboxylic acids is 1. The van der Waals surface area contributed by atoms with Gasteiger partial charge in [-0.1, -0.05) is 18.2 Å². The van der Waals surface area contributed by atoms with Gasteiger partial charge in [0.05, 0.1) is 11.6 Å². The number of carbonyl (C=O) groups is 1. The molecule has 0 saturated heterocycles. The maximum absolute atomic E-state index is 13.7. The molecule has 0 aliphatic carbocycles. The Kier molecular flexibility index (Phi) is 4.21. The van der Waals surface area contributed by atoms with Gasteiger partial charge in [-0.15, -0.1) is 0 Å². The van der Waals surface area contributed by atoms with Crippen molar-refractivity contribution < 1.29 is 13.6 Å². The summed E-state index contributed by atoms with van der Waals surface area (Å²) >= 11 is 0. The Morgan fingerprint density at radius 1 is 1.29 bits per heavy atom. The fourth-order valence-electron chi connectivity index (χ4n) is 2.27. The Morgan fingerprint density at radius 3 is 2.57 bits per heavy atom. The van der Waals surface area contributed by atoms with Gasteiger partial charge in [-0.25, -0.2) is 9.18 Å². The molecule has 0 spiro atoms. The van der Waals surface area contributed by atoms with Crippen molar-refractivity contribution in [1.82, 2.24) is 5.32 Å². The number of amides is 1. The average Bonchev–Trinajstić information content (AvgIpc) is 2.37. The molecule has 110 valence electrons. The Labute approximate surface area is 121 Å². The zero-order chi connectivity index (χ0) is 15.6. The second-order valence-corrected chi connectivity index (χ2v) is 4.90. The maximum Gasteiger partial charge on any atom is 0.336 e. The van der Waals surface area contributed by atoms with Crippen LogP contribution in [0.1, 0.15) is 40.2 Å². The molecular weight excluding hydrogens is 273 g/mol. The highest BCUT2D eigenvalue weighted by molar-refractivity contribution is 5.96. The molecule has 4 nitrogen and oxygen atoms in total. The predicted molar refractivity (Wildman–Crippen MR) is 76.7 cm³/mol. The lowest BCUT2D eigenvalue weighted by Gasteiger charge is -2.16. The van der Waals surface area contributed by atoms with Crippen LogP contribution in [-0.4, -0.2) is 5.91 Å². The van der Waals surface area contributed by atoms with Crippen LogP contribution in [0.3, 0.4) is 0 Å². The topological polar surface area (TPSA) is 59.3 Å². The van der Waals surface area contributed by atoms with Crippen molar-refractivity contribution in [3.8, 4) is 0 Å². The summed E-state index contributed by atoms with van der Waals surface area (Å²) in [4.78, 5) is 23.5. The van der Waals surface area contributed by atoms with Gasteiger partial charge >= 0.3 is 5.63 Å². The molecule has 0 aliphatic heterocycles. The van der Waals surface area contributed by atoms with Crippen molar-refractivity contribution in [3.63, 3.8) is 0 Å². The van der Waals surface area contributed by atoms with E-state index in [9.17, 15) is 14.0 Å². The van der Waals surface area contributed by atoms with E-state index in [2.05, 4.69) is 5.32 Å². The Morgan fingerprint density at radius 2 is 1.95 bits per heavy atom. The Bertz CT molecular complexity index is 710. The number of halogens is 1. The van der Waals surface area contributed by atoms with Gasteiger partial charge in [0.1, 0.15) is 11.6 Å². The average molecular weight is 289 g/mol. The van der Waals surface area contributed by atoms with Gasteiger partial charge in [0, 0.05) is 11.6 Å². The van der Waals surface area contributed by atoms with Crippen molar-refractivity contribution in [3.05, 3.63) is 69.0 Å². The van der Waals surface area contributed by atoms with Crippen molar-refractivity contribution >= 4 is 5.91 Å². The largest absolute Gasteiger partial charge is 0.427 e. The molecule has 1 heterocycles. The van der Waals surface area contributed by atoms with Gasteiger partial charge in [-0.2, -0.15) is 0 Å². The van der Waals surface area contributed by atoms with Gasteiger partial charge in [-0.3, -0.25) is 4.79 Å². The lowest BCUT2D eigenvalue weighted by molar-refractivity contribution is 0.0935. The van der Waals surface area contributed by atoms with Crippen LogP contribution in [0.4, 0.5) is 4.39 Å². The standard InChI is InChI=1S/C16H16FNO3/c1-9-8-14(19)21-11(3)15(9)16(20)18-10(2)12-6-4-5-7-13(12)17/h4-8,10H,1-3H3,(H,18,20). The van der Waals surface area contributed by atoms with E-state index in [1.54, 1.807) is 39.0 Å². The smallest absolute Gasteiger partial charge is 0.336 e. The molecule has 0 aliphatic rings. The molecule has 5 heteroatoms. The molecule has 2 aromatic rings. The third-order valence-electron chi connectivity index (χ3n) is 3.28. The molecule has 1 aromatic carbocycles. The minimum Gasteiger partial charge on any atom is -0.427 e. The first kappa shape index (κ1) is 15.0. The molecule has 0 fully saturated rings. The highest BCUT2D eigenvalue weighted by Gasteiger charge is 2.19. The number of nitrogens with one attached hydrogen (secondary N) is 1. The molecule has 1 unspecified atom stereocenters. The summed E-state index contributed by atoms with van der Waals surface area (Å²) in [5.41, 5.74) is 0.738. The van der Waals surface area contributed by atoms with Crippen LogP contribution >= 0.6 is 0 Å². The minimum absolute atomic E-state index is 0.248. The molecule has 0 radical (unpaired) electrons. The van der Waals surface area contributed by atoms with Gasteiger partial charge < -0.3 is 9.73 Å². The summed E-state index contributed by atoms with van der Waals surface area (Å²) in [6.07, 6.45) is 0. The van der Waals surface area contributed by atoms with Gasteiger partial charge in [0.25, 0.3) is 5.91 Å². The number of benzene rings is 1. The Balaban J connectivity index is 2.27. The molecule has 1 atom stereocenters. The molecule has 0 saturated carbocycles. The second-order valence-electron chi connectivity index (χ2n) is 4.90. The number of hydrogen-bond donors (Lipinski definition) is 1. The molecule has 1 amide bonds. The molecular formula is C16H16FNO3. The van der Waals surface area contributed by atoms with Gasteiger partial charge in [-0.05, 0) is 32.4 Å². The third kappa shape index (κ3) is 3.18. The fraction of sp³-hybridized carbons (Fsp3) is 0.250. The van der Waals surface area contributed by atoms with Crippen LogP contribution in [0.2, 0.25) is 0 Å². The molecule has 2 rings (SSSR count). The lowest BCUT2D eigenvalue weighted by Crippen LogP contribution is -2.29. The first-order valence-corrected chi connectivity index (χ1v) is 6.56. The summed E-state index contributed by atoms with van der Waals surface area (Å²) < 4.78 is 18.6.